The van der Waals surface area contributed by atoms with Gasteiger partial charge in [0.05, 0.1) is 7.11 Å². The molecular weight excluding hydrogens is 268 g/mol. The van der Waals surface area contributed by atoms with Gasteiger partial charge in [0.25, 0.3) is 0 Å². The molecule has 0 fully saturated rings. The van der Waals surface area contributed by atoms with Crippen molar-refractivity contribution < 1.29 is 14.6 Å². The van der Waals surface area contributed by atoms with Crippen LogP contribution in [0.4, 0.5) is 0 Å². The van der Waals surface area contributed by atoms with Gasteiger partial charge in [0.15, 0.2) is 11.5 Å². The molecule has 1 rings (SSSR count). The summed E-state index contributed by atoms with van der Waals surface area (Å²) in [7, 11) is 3.30. The molecule has 0 heterocycles. The zero-order chi connectivity index (χ0) is 15.8. The molecule has 1 amide bonds. The molecule has 0 saturated heterocycles. The molecule has 0 unspecified atom stereocenters. The fourth-order valence-electron chi connectivity index (χ4n) is 2.00. The molecule has 0 saturated carbocycles. The Balaban J connectivity index is 2.45. The van der Waals surface area contributed by atoms with E-state index in [9.17, 15) is 9.90 Å². The highest BCUT2D eigenvalue weighted by Crippen LogP contribution is 2.26. The number of hydrogen-bond acceptors (Lipinski definition) is 4. The third kappa shape index (κ3) is 6.04. The number of hydrogen-bond donors (Lipinski definition) is 2. The van der Waals surface area contributed by atoms with Crippen LogP contribution >= 0.6 is 0 Å². The summed E-state index contributed by atoms with van der Waals surface area (Å²) in [6, 6.07) is 5.57. The molecule has 2 N–H and O–H groups in total. The lowest BCUT2D eigenvalue weighted by Crippen LogP contribution is -2.28. The molecular formula is C16H26N2O3. The molecule has 0 bridgehead atoms. The maximum absolute atomic E-state index is 12.0. The van der Waals surface area contributed by atoms with Crippen LogP contribution in [0.5, 0.6) is 11.5 Å². The molecule has 0 aliphatic carbocycles. The van der Waals surface area contributed by atoms with Crippen molar-refractivity contribution in [3.63, 3.8) is 0 Å². The zero-order valence-corrected chi connectivity index (χ0v) is 13.3. The Morgan fingerprint density at radius 1 is 1.43 bits per heavy atom. The molecule has 1 aromatic rings. The van der Waals surface area contributed by atoms with Gasteiger partial charge in [0, 0.05) is 26.1 Å². The fraction of sp³-hybridized carbons (Fsp3) is 0.562. The van der Waals surface area contributed by atoms with Gasteiger partial charge in [-0.25, -0.2) is 0 Å². The maximum Gasteiger partial charge on any atom is 0.222 e. The number of nitrogens with zero attached hydrogens (tertiary/aromatic N) is 1. The van der Waals surface area contributed by atoms with Gasteiger partial charge < -0.3 is 20.1 Å². The third-order valence-corrected chi connectivity index (χ3v) is 3.21. The molecule has 118 valence electrons. The minimum absolute atomic E-state index is 0.106. The summed E-state index contributed by atoms with van der Waals surface area (Å²) in [5.41, 5.74) is 0.931. The second-order valence-electron chi connectivity index (χ2n) is 5.47. The number of nitrogens with one attached hydrogen (secondary N) is 1. The summed E-state index contributed by atoms with van der Waals surface area (Å²) in [4.78, 5) is 13.7. The second-order valence-corrected chi connectivity index (χ2v) is 5.47. The first kappa shape index (κ1) is 17.3. The second kappa shape index (κ2) is 8.52. The monoisotopic (exact) mass is 294 g/mol. The van der Waals surface area contributed by atoms with Crippen LogP contribution in [0.3, 0.4) is 0 Å². The minimum atomic E-state index is 0.106. The van der Waals surface area contributed by atoms with E-state index in [-0.39, 0.29) is 11.7 Å². The number of phenols is 1. The van der Waals surface area contributed by atoms with Gasteiger partial charge in [-0.3, -0.25) is 4.79 Å². The zero-order valence-electron chi connectivity index (χ0n) is 13.3. The number of carbonyl (C=O) groups is 1. The van der Waals surface area contributed by atoms with E-state index in [0.29, 0.717) is 24.8 Å². The smallest absolute Gasteiger partial charge is 0.222 e. The highest BCUT2D eigenvalue weighted by Gasteiger charge is 2.10. The number of benzene rings is 1. The highest BCUT2D eigenvalue weighted by molar-refractivity contribution is 5.75. The van der Waals surface area contributed by atoms with Crippen molar-refractivity contribution in [1.29, 1.82) is 0 Å². The standard InChI is InChI=1S/C16H26N2O3/c1-12(2)17-9-5-6-16(20)18(3)11-13-7-8-14(19)15(10-13)21-4/h7-8,10,12,17,19H,5-6,9,11H2,1-4H3. The van der Waals surface area contributed by atoms with Crippen LogP contribution in [-0.4, -0.2) is 42.7 Å². The highest BCUT2D eigenvalue weighted by atomic mass is 16.5. The molecule has 0 aromatic heterocycles. The average Bonchev–Trinajstić information content (AvgIpc) is 2.45. The lowest BCUT2D eigenvalue weighted by molar-refractivity contribution is -0.130. The first-order valence-electron chi connectivity index (χ1n) is 7.27. The summed E-state index contributed by atoms with van der Waals surface area (Å²) >= 11 is 0. The summed E-state index contributed by atoms with van der Waals surface area (Å²) in [5.74, 6) is 0.650. The molecule has 1 aromatic carbocycles. The number of phenolic OH excluding ortho intramolecular Hbond substituents is 1. The lowest BCUT2D eigenvalue weighted by Gasteiger charge is -2.18. The number of aromatic hydroxyl groups is 1. The van der Waals surface area contributed by atoms with E-state index < -0.39 is 0 Å². The number of amides is 1. The van der Waals surface area contributed by atoms with Crippen molar-refractivity contribution in [2.24, 2.45) is 0 Å². The van der Waals surface area contributed by atoms with E-state index in [4.69, 9.17) is 4.74 Å². The number of rotatable bonds is 8. The first-order valence-corrected chi connectivity index (χ1v) is 7.27. The van der Waals surface area contributed by atoms with Gasteiger partial charge >= 0.3 is 0 Å². The van der Waals surface area contributed by atoms with E-state index in [1.807, 2.05) is 0 Å². The Morgan fingerprint density at radius 2 is 2.14 bits per heavy atom. The Morgan fingerprint density at radius 3 is 2.76 bits per heavy atom. The summed E-state index contributed by atoms with van der Waals surface area (Å²) < 4.78 is 5.07. The summed E-state index contributed by atoms with van der Waals surface area (Å²) in [6.45, 7) is 5.54. The molecule has 0 atom stereocenters. The number of ether oxygens (including phenoxy) is 1. The Bertz CT molecular complexity index is 461. The number of methoxy groups -OCH3 is 1. The SMILES string of the molecule is COc1cc(CN(C)C(=O)CCCNC(C)C)ccc1O. The van der Waals surface area contributed by atoms with Crippen molar-refractivity contribution in [2.75, 3.05) is 20.7 Å². The summed E-state index contributed by atoms with van der Waals surface area (Å²) in [6.07, 6.45) is 1.37. The van der Waals surface area contributed by atoms with Crippen LogP contribution in [0.1, 0.15) is 32.3 Å². The van der Waals surface area contributed by atoms with Crippen molar-refractivity contribution in [3.05, 3.63) is 23.8 Å². The van der Waals surface area contributed by atoms with E-state index >= 15 is 0 Å². The first-order chi connectivity index (χ1) is 9.93. The molecule has 5 heteroatoms. The fourth-order valence-corrected chi connectivity index (χ4v) is 2.00. The van der Waals surface area contributed by atoms with Crippen molar-refractivity contribution in [2.45, 2.75) is 39.3 Å². The molecule has 0 aliphatic heterocycles. The van der Waals surface area contributed by atoms with Gasteiger partial charge in [0.2, 0.25) is 5.91 Å². The predicted octanol–water partition coefficient (Wildman–Crippen LogP) is 2.14. The van der Waals surface area contributed by atoms with Crippen LogP contribution in [0.2, 0.25) is 0 Å². The van der Waals surface area contributed by atoms with Crippen molar-refractivity contribution in [3.8, 4) is 11.5 Å². The topological polar surface area (TPSA) is 61.8 Å². The van der Waals surface area contributed by atoms with Crippen molar-refractivity contribution >= 4 is 5.91 Å². The Labute approximate surface area is 126 Å². The maximum atomic E-state index is 12.0. The van der Waals surface area contributed by atoms with Gasteiger partial charge in [-0.2, -0.15) is 0 Å². The van der Waals surface area contributed by atoms with Crippen LogP contribution in [-0.2, 0) is 11.3 Å². The van der Waals surface area contributed by atoms with Gasteiger partial charge in [0.1, 0.15) is 0 Å². The Hall–Kier alpha value is -1.75. The van der Waals surface area contributed by atoms with Gasteiger partial charge in [-0.05, 0) is 30.7 Å². The van der Waals surface area contributed by atoms with Gasteiger partial charge in [-0.1, -0.05) is 19.9 Å². The van der Waals surface area contributed by atoms with E-state index in [0.717, 1.165) is 18.5 Å². The van der Waals surface area contributed by atoms with Crippen LogP contribution in [0.15, 0.2) is 18.2 Å². The Kier molecular flexibility index (Phi) is 7.02. The minimum Gasteiger partial charge on any atom is -0.504 e. The van der Waals surface area contributed by atoms with Crippen molar-refractivity contribution in [1.82, 2.24) is 10.2 Å². The number of carbonyl (C=O) groups excluding carboxylic acids is 1. The van der Waals surface area contributed by atoms with Crippen LogP contribution in [0, 0.1) is 0 Å². The van der Waals surface area contributed by atoms with E-state index in [2.05, 4.69) is 19.2 Å². The van der Waals surface area contributed by atoms with E-state index in [1.165, 1.54) is 7.11 Å². The van der Waals surface area contributed by atoms with Crippen LogP contribution < -0.4 is 10.1 Å². The largest absolute Gasteiger partial charge is 0.504 e. The molecule has 0 spiro atoms. The molecule has 21 heavy (non-hydrogen) atoms. The predicted molar refractivity (Wildman–Crippen MR) is 83.5 cm³/mol. The average molecular weight is 294 g/mol. The third-order valence-electron chi connectivity index (χ3n) is 3.21. The summed E-state index contributed by atoms with van der Waals surface area (Å²) in [5, 5.41) is 12.8. The van der Waals surface area contributed by atoms with E-state index in [1.54, 1.807) is 30.1 Å². The molecule has 0 aliphatic rings. The lowest BCUT2D eigenvalue weighted by atomic mass is 10.2. The van der Waals surface area contributed by atoms with Crippen LogP contribution in [0.25, 0.3) is 0 Å². The quantitative estimate of drug-likeness (QED) is 0.721. The molecule has 5 nitrogen and oxygen atoms in total. The normalized spacial score (nSPS) is 10.7. The molecule has 0 radical (unpaired) electrons. The van der Waals surface area contributed by atoms with Gasteiger partial charge in [-0.15, -0.1) is 0 Å².